The fraction of sp³-hybridized carbons (Fsp3) is 0.588. The van der Waals surface area contributed by atoms with Crippen molar-refractivity contribution < 1.29 is 9.53 Å². The van der Waals surface area contributed by atoms with Gasteiger partial charge in [0.05, 0.1) is 0 Å². The van der Waals surface area contributed by atoms with Crippen LogP contribution in [0, 0.1) is 6.92 Å². The third-order valence-corrected chi connectivity index (χ3v) is 3.86. The first-order chi connectivity index (χ1) is 9.73. The number of anilines is 1. The third-order valence-electron chi connectivity index (χ3n) is 3.86. The van der Waals surface area contributed by atoms with Crippen molar-refractivity contribution in [2.75, 3.05) is 12.4 Å². The van der Waals surface area contributed by atoms with E-state index in [2.05, 4.69) is 22.8 Å². The largest absolute Gasteiger partial charge is 0.444 e. The molecule has 0 spiro atoms. The summed E-state index contributed by atoms with van der Waals surface area (Å²) in [4.78, 5) is 11.9. The molecule has 0 heterocycles. The summed E-state index contributed by atoms with van der Waals surface area (Å²) in [6.45, 7) is 7.57. The van der Waals surface area contributed by atoms with E-state index < -0.39 is 11.7 Å². The van der Waals surface area contributed by atoms with E-state index in [1.54, 1.807) is 0 Å². The number of ether oxygens (including phenoxy) is 1. The van der Waals surface area contributed by atoms with Gasteiger partial charge in [-0.2, -0.15) is 0 Å². The van der Waals surface area contributed by atoms with E-state index in [9.17, 15) is 4.79 Å². The number of nitrogens with one attached hydrogen (secondary N) is 2. The fourth-order valence-corrected chi connectivity index (χ4v) is 2.38. The first kappa shape index (κ1) is 15.8. The van der Waals surface area contributed by atoms with Gasteiger partial charge in [-0.05, 0) is 71.2 Å². The van der Waals surface area contributed by atoms with Crippen molar-refractivity contribution in [3.63, 3.8) is 0 Å². The lowest BCUT2D eigenvalue weighted by Crippen LogP contribution is -2.29. The lowest BCUT2D eigenvalue weighted by molar-refractivity contribution is 0.0636. The highest BCUT2D eigenvalue weighted by Gasteiger charge is 2.40. The third kappa shape index (κ3) is 4.46. The monoisotopic (exact) mass is 290 g/mol. The zero-order valence-electron chi connectivity index (χ0n) is 13.7. The van der Waals surface area contributed by atoms with Crippen molar-refractivity contribution in [2.24, 2.45) is 0 Å². The van der Waals surface area contributed by atoms with Crippen LogP contribution in [0.4, 0.5) is 10.5 Å². The molecule has 0 bridgehead atoms. The Labute approximate surface area is 127 Å². The summed E-state index contributed by atoms with van der Waals surface area (Å²) in [7, 11) is 2.01. The summed E-state index contributed by atoms with van der Waals surface area (Å²) in [5.41, 5.74) is 2.88. The molecular weight excluding hydrogens is 264 g/mol. The molecule has 1 amide bonds. The molecule has 1 aliphatic rings. The molecular formula is C17H26N2O2. The Balaban J connectivity index is 2.07. The van der Waals surface area contributed by atoms with Crippen LogP contribution >= 0.6 is 0 Å². The second-order valence-corrected chi connectivity index (χ2v) is 6.98. The van der Waals surface area contributed by atoms with Crippen LogP contribution in [0.3, 0.4) is 0 Å². The van der Waals surface area contributed by atoms with Gasteiger partial charge in [0, 0.05) is 11.2 Å². The van der Waals surface area contributed by atoms with Crippen LogP contribution in [0.5, 0.6) is 0 Å². The highest BCUT2D eigenvalue weighted by molar-refractivity contribution is 5.86. The number of aryl methyl sites for hydroxylation is 1. The van der Waals surface area contributed by atoms with Crippen LogP contribution in [-0.2, 0) is 11.2 Å². The van der Waals surface area contributed by atoms with Gasteiger partial charge < -0.3 is 10.1 Å². The molecule has 1 aromatic rings. The Morgan fingerprint density at radius 3 is 2.52 bits per heavy atom. The van der Waals surface area contributed by atoms with E-state index in [4.69, 9.17) is 4.74 Å². The first-order valence-electron chi connectivity index (χ1n) is 7.51. The standard InChI is InChI=1S/C17H26N2O2/c1-12-6-7-13(11-17(18-5)8-9-17)10-14(12)19-15(20)21-16(2,3)4/h6-7,10,18H,8-9,11H2,1-5H3,(H,19,20). The Kier molecular flexibility index (Phi) is 4.28. The number of amides is 1. The van der Waals surface area contributed by atoms with E-state index in [-0.39, 0.29) is 5.54 Å². The van der Waals surface area contributed by atoms with Crippen molar-refractivity contribution in [1.82, 2.24) is 5.32 Å². The maximum atomic E-state index is 11.9. The average molecular weight is 290 g/mol. The normalized spacial score (nSPS) is 16.4. The molecule has 0 aromatic heterocycles. The van der Waals surface area contributed by atoms with Gasteiger partial charge in [-0.1, -0.05) is 12.1 Å². The topological polar surface area (TPSA) is 50.4 Å². The van der Waals surface area contributed by atoms with Gasteiger partial charge in [0.2, 0.25) is 0 Å². The maximum absolute atomic E-state index is 11.9. The molecule has 4 nitrogen and oxygen atoms in total. The molecule has 116 valence electrons. The van der Waals surface area contributed by atoms with E-state index in [0.29, 0.717) is 0 Å². The van der Waals surface area contributed by atoms with Crippen LogP contribution in [-0.4, -0.2) is 24.3 Å². The van der Waals surface area contributed by atoms with Gasteiger partial charge in [0.25, 0.3) is 0 Å². The average Bonchev–Trinajstić information content (AvgIpc) is 3.11. The fourth-order valence-electron chi connectivity index (χ4n) is 2.38. The summed E-state index contributed by atoms with van der Waals surface area (Å²) >= 11 is 0. The number of likely N-dealkylation sites (N-methyl/N-ethyl adjacent to an activating group) is 1. The zero-order valence-corrected chi connectivity index (χ0v) is 13.7. The molecule has 21 heavy (non-hydrogen) atoms. The van der Waals surface area contributed by atoms with Crippen molar-refractivity contribution in [2.45, 2.75) is 58.1 Å². The van der Waals surface area contributed by atoms with Gasteiger partial charge in [-0.3, -0.25) is 5.32 Å². The maximum Gasteiger partial charge on any atom is 0.412 e. The number of benzene rings is 1. The SMILES string of the molecule is CNC1(Cc2ccc(C)c(NC(=O)OC(C)(C)C)c2)CC1. The molecule has 0 radical (unpaired) electrons. The second-order valence-electron chi connectivity index (χ2n) is 6.98. The molecule has 2 N–H and O–H groups in total. The second kappa shape index (κ2) is 5.68. The van der Waals surface area contributed by atoms with E-state index >= 15 is 0 Å². The number of hydrogen-bond acceptors (Lipinski definition) is 3. The number of hydrogen-bond donors (Lipinski definition) is 2. The highest BCUT2D eigenvalue weighted by atomic mass is 16.6. The van der Waals surface area contributed by atoms with Crippen LogP contribution < -0.4 is 10.6 Å². The molecule has 1 fully saturated rings. The van der Waals surface area contributed by atoms with Gasteiger partial charge in [0.1, 0.15) is 5.60 Å². The van der Waals surface area contributed by atoms with Crippen molar-refractivity contribution in [3.05, 3.63) is 29.3 Å². The molecule has 1 aliphatic carbocycles. The minimum absolute atomic E-state index is 0.262. The Hall–Kier alpha value is -1.55. The smallest absolute Gasteiger partial charge is 0.412 e. The van der Waals surface area contributed by atoms with Gasteiger partial charge in [-0.15, -0.1) is 0 Å². The summed E-state index contributed by atoms with van der Waals surface area (Å²) < 4.78 is 5.31. The van der Waals surface area contributed by atoms with Gasteiger partial charge in [-0.25, -0.2) is 4.79 Å². The molecule has 1 saturated carbocycles. The summed E-state index contributed by atoms with van der Waals surface area (Å²) in [6, 6.07) is 6.23. The van der Waals surface area contributed by atoms with Crippen LogP contribution in [0.25, 0.3) is 0 Å². The molecule has 0 unspecified atom stereocenters. The Morgan fingerprint density at radius 2 is 2.00 bits per heavy atom. The minimum Gasteiger partial charge on any atom is -0.444 e. The number of carbonyl (C=O) groups excluding carboxylic acids is 1. The number of rotatable bonds is 4. The lowest BCUT2D eigenvalue weighted by Gasteiger charge is -2.21. The predicted octanol–water partition coefficient (Wildman–Crippen LogP) is 3.64. The molecule has 0 atom stereocenters. The Morgan fingerprint density at radius 1 is 1.33 bits per heavy atom. The lowest BCUT2D eigenvalue weighted by atomic mass is 10.0. The summed E-state index contributed by atoms with van der Waals surface area (Å²) in [5, 5.41) is 6.24. The highest BCUT2D eigenvalue weighted by Crippen LogP contribution is 2.38. The van der Waals surface area contributed by atoms with Crippen molar-refractivity contribution in [1.29, 1.82) is 0 Å². The summed E-state index contributed by atoms with van der Waals surface area (Å²) in [5.74, 6) is 0. The van der Waals surface area contributed by atoms with Crippen molar-refractivity contribution >= 4 is 11.8 Å². The number of carbonyl (C=O) groups is 1. The van der Waals surface area contributed by atoms with Gasteiger partial charge >= 0.3 is 6.09 Å². The summed E-state index contributed by atoms with van der Waals surface area (Å²) in [6.07, 6.45) is 3.02. The van der Waals surface area contributed by atoms with E-state index in [1.165, 1.54) is 18.4 Å². The van der Waals surface area contributed by atoms with E-state index in [0.717, 1.165) is 17.7 Å². The quantitative estimate of drug-likeness (QED) is 0.890. The molecule has 2 rings (SSSR count). The van der Waals surface area contributed by atoms with Crippen molar-refractivity contribution in [3.8, 4) is 0 Å². The van der Waals surface area contributed by atoms with Crippen LogP contribution in [0.15, 0.2) is 18.2 Å². The predicted molar refractivity (Wildman–Crippen MR) is 85.8 cm³/mol. The molecule has 1 aromatic carbocycles. The minimum atomic E-state index is -0.486. The molecule has 0 saturated heterocycles. The molecule has 4 heteroatoms. The zero-order chi connectivity index (χ0) is 15.7. The van der Waals surface area contributed by atoms with Gasteiger partial charge in [0.15, 0.2) is 0 Å². The Bertz CT molecular complexity index is 528. The first-order valence-corrected chi connectivity index (χ1v) is 7.51. The van der Waals surface area contributed by atoms with Crippen LogP contribution in [0.2, 0.25) is 0 Å². The molecule has 0 aliphatic heterocycles. The van der Waals surface area contributed by atoms with Crippen LogP contribution in [0.1, 0.15) is 44.7 Å². The van der Waals surface area contributed by atoms with E-state index in [1.807, 2.05) is 40.8 Å².